The van der Waals surface area contributed by atoms with Gasteiger partial charge in [0.1, 0.15) is 11.5 Å². The summed E-state index contributed by atoms with van der Waals surface area (Å²) in [6, 6.07) is 2.03. The third kappa shape index (κ3) is 3.60. The van der Waals surface area contributed by atoms with Crippen molar-refractivity contribution in [3.8, 4) is 11.9 Å². The van der Waals surface area contributed by atoms with Gasteiger partial charge in [-0.1, -0.05) is 11.3 Å². The Balaban J connectivity index is 1.51. The first kappa shape index (κ1) is 18.2. The Morgan fingerprint density at radius 3 is 2.82 bits per heavy atom. The molecule has 4 rings (SSSR count). The monoisotopic (exact) mass is 401 g/mol. The fourth-order valence-corrected chi connectivity index (χ4v) is 3.90. The molecule has 1 N–H and O–H groups in total. The van der Waals surface area contributed by atoms with Crippen molar-refractivity contribution in [3.63, 3.8) is 0 Å². The zero-order valence-electron chi connectivity index (χ0n) is 15.7. The number of methoxy groups -OCH3 is 2. The molecule has 1 aliphatic rings. The van der Waals surface area contributed by atoms with Crippen LogP contribution in [-0.2, 0) is 20.0 Å². The van der Waals surface area contributed by atoms with Crippen molar-refractivity contribution >= 4 is 28.2 Å². The van der Waals surface area contributed by atoms with Crippen molar-refractivity contribution < 1.29 is 14.3 Å². The number of carbonyl (C=O) groups excluding carboxylic acids is 1. The molecule has 0 radical (unpaired) electrons. The van der Waals surface area contributed by atoms with Crippen LogP contribution < -0.4 is 19.7 Å². The number of aryl methyl sites for hydroxylation is 1. The van der Waals surface area contributed by atoms with Gasteiger partial charge in [-0.05, 0) is 0 Å². The highest BCUT2D eigenvalue weighted by atomic mass is 32.1. The van der Waals surface area contributed by atoms with Crippen LogP contribution >= 0.6 is 11.3 Å². The van der Waals surface area contributed by atoms with Crippen molar-refractivity contribution in [2.75, 3.05) is 31.0 Å². The minimum Gasteiger partial charge on any atom is -0.481 e. The lowest BCUT2D eigenvalue weighted by Gasteiger charge is -2.27. The number of fused-ring (bicyclic) bond motifs is 1. The number of hydrogen-bond donors (Lipinski definition) is 1. The van der Waals surface area contributed by atoms with E-state index >= 15 is 0 Å². The van der Waals surface area contributed by atoms with Gasteiger partial charge in [0.2, 0.25) is 5.88 Å². The van der Waals surface area contributed by atoms with Gasteiger partial charge >= 0.3 is 6.01 Å². The van der Waals surface area contributed by atoms with Crippen molar-refractivity contribution in [3.05, 3.63) is 34.9 Å². The maximum atomic E-state index is 12.3. The molecular formula is C17H19N7O3S. The highest BCUT2D eigenvalue weighted by Crippen LogP contribution is 2.31. The van der Waals surface area contributed by atoms with Gasteiger partial charge in [0.05, 0.1) is 32.8 Å². The second kappa shape index (κ2) is 7.43. The fraction of sp³-hybridized carbons (Fsp3) is 0.353. The smallest absolute Gasteiger partial charge is 0.321 e. The summed E-state index contributed by atoms with van der Waals surface area (Å²) < 4.78 is 12.1. The van der Waals surface area contributed by atoms with Gasteiger partial charge < -0.3 is 18.9 Å². The Hall–Kier alpha value is -3.21. The van der Waals surface area contributed by atoms with E-state index in [9.17, 15) is 4.79 Å². The zero-order valence-corrected chi connectivity index (χ0v) is 16.5. The molecular weight excluding hydrogens is 382 g/mol. The molecule has 10 nitrogen and oxygen atoms in total. The molecule has 0 spiro atoms. The van der Waals surface area contributed by atoms with Gasteiger partial charge in [-0.15, -0.1) is 0 Å². The van der Waals surface area contributed by atoms with Gasteiger partial charge in [-0.2, -0.15) is 9.97 Å². The number of nitrogens with one attached hydrogen (secondary N) is 1. The number of nitrogens with zero attached hydrogens (tertiary/aromatic N) is 6. The Morgan fingerprint density at radius 1 is 1.25 bits per heavy atom. The Labute approximate surface area is 165 Å². The van der Waals surface area contributed by atoms with Crippen LogP contribution in [-0.4, -0.2) is 51.2 Å². The summed E-state index contributed by atoms with van der Waals surface area (Å²) in [4.78, 5) is 32.6. The molecule has 0 fully saturated rings. The molecule has 0 saturated carbocycles. The molecule has 3 aromatic rings. The SMILES string of the molecule is COc1cc(N2CCc3nc(NC(=O)c4cn(C)cn4)sc3C2)nc(OC)n1. The molecule has 1 amide bonds. The van der Waals surface area contributed by atoms with Crippen LogP contribution in [0.5, 0.6) is 11.9 Å². The number of ether oxygens (including phenoxy) is 2. The number of aromatic nitrogens is 5. The molecule has 0 saturated heterocycles. The number of hydrogen-bond acceptors (Lipinski definition) is 9. The number of anilines is 2. The molecule has 3 aromatic heterocycles. The van der Waals surface area contributed by atoms with Gasteiger partial charge in [-0.25, -0.2) is 9.97 Å². The number of carbonyl (C=O) groups is 1. The van der Waals surface area contributed by atoms with E-state index in [0.717, 1.165) is 29.4 Å². The van der Waals surface area contributed by atoms with E-state index in [-0.39, 0.29) is 11.9 Å². The van der Waals surface area contributed by atoms with E-state index in [2.05, 4.69) is 30.2 Å². The van der Waals surface area contributed by atoms with Gasteiger partial charge in [0.15, 0.2) is 5.13 Å². The maximum Gasteiger partial charge on any atom is 0.321 e. The first-order valence-corrected chi connectivity index (χ1v) is 9.37. The summed E-state index contributed by atoms with van der Waals surface area (Å²) in [7, 11) is 4.89. The molecule has 28 heavy (non-hydrogen) atoms. The van der Waals surface area contributed by atoms with Crippen LogP contribution in [0.4, 0.5) is 10.9 Å². The normalized spacial score (nSPS) is 13.2. The Kier molecular flexibility index (Phi) is 4.82. The Morgan fingerprint density at radius 2 is 2.11 bits per heavy atom. The van der Waals surface area contributed by atoms with Crippen LogP contribution in [0.15, 0.2) is 18.6 Å². The molecule has 0 aliphatic carbocycles. The zero-order chi connectivity index (χ0) is 19.7. The number of rotatable bonds is 5. The van der Waals surface area contributed by atoms with Crippen LogP contribution in [0.25, 0.3) is 0 Å². The lowest BCUT2D eigenvalue weighted by atomic mass is 10.2. The average Bonchev–Trinajstić information content (AvgIpc) is 3.32. The predicted octanol–water partition coefficient (Wildman–Crippen LogP) is 1.50. The van der Waals surface area contributed by atoms with Crippen molar-refractivity contribution in [1.29, 1.82) is 0 Å². The molecule has 0 unspecified atom stereocenters. The summed E-state index contributed by atoms with van der Waals surface area (Å²) in [5.74, 6) is 0.899. The van der Waals surface area contributed by atoms with Crippen LogP contribution in [0.3, 0.4) is 0 Å². The van der Waals surface area contributed by atoms with Crippen LogP contribution in [0.2, 0.25) is 0 Å². The van der Waals surface area contributed by atoms with Gasteiger partial charge in [0, 0.05) is 37.2 Å². The molecule has 0 aromatic carbocycles. The van der Waals surface area contributed by atoms with Crippen LogP contribution in [0.1, 0.15) is 21.1 Å². The van der Waals surface area contributed by atoms with Gasteiger partial charge in [0.25, 0.3) is 5.91 Å². The van der Waals surface area contributed by atoms with E-state index in [1.807, 2.05) is 7.05 Å². The summed E-state index contributed by atoms with van der Waals surface area (Å²) in [5.41, 5.74) is 1.35. The topological polar surface area (TPSA) is 107 Å². The highest BCUT2D eigenvalue weighted by molar-refractivity contribution is 7.15. The van der Waals surface area contributed by atoms with E-state index in [0.29, 0.717) is 23.3 Å². The molecule has 0 bridgehead atoms. The predicted molar refractivity (Wildman–Crippen MR) is 103 cm³/mol. The first-order chi connectivity index (χ1) is 13.6. The molecule has 146 valence electrons. The van der Waals surface area contributed by atoms with E-state index < -0.39 is 0 Å². The number of imidazole rings is 1. The van der Waals surface area contributed by atoms with Crippen molar-refractivity contribution in [1.82, 2.24) is 24.5 Å². The third-order valence-corrected chi connectivity index (χ3v) is 5.27. The second-order valence-electron chi connectivity index (χ2n) is 6.19. The third-order valence-electron chi connectivity index (χ3n) is 4.27. The molecule has 0 atom stereocenters. The van der Waals surface area contributed by atoms with Crippen LogP contribution in [0, 0.1) is 0 Å². The summed E-state index contributed by atoms with van der Waals surface area (Å²) in [6.07, 6.45) is 4.00. The number of amides is 1. The highest BCUT2D eigenvalue weighted by Gasteiger charge is 2.24. The maximum absolute atomic E-state index is 12.3. The minimum atomic E-state index is -0.270. The molecule has 11 heteroatoms. The first-order valence-electron chi connectivity index (χ1n) is 8.55. The second-order valence-corrected chi connectivity index (χ2v) is 7.28. The summed E-state index contributed by atoms with van der Waals surface area (Å²) in [5, 5.41) is 3.40. The van der Waals surface area contributed by atoms with E-state index in [1.54, 1.807) is 30.3 Å². The average molecular weight is 401 g/mol. The van der Waals surface area contributed by atoms with Gasteiger partial charge in [-0.3, -0.25) is 10.1 Å². The molecule has 1 aliphatic heterocycles. The van der Waals surface area contributed by atoms with Crippen molar-refractivity contribution in [2.45, 2.75) is 13.0 Å². The summed E-state index contributed by atoms with van der Waals surface area (Å²) in [6.45, 7) is 1.38. The number of thiazole rings is 1. The molecule has 4 heterocycles. The summed E-state index contributed by atoms with van der Waals surface area (Å²) >= 11 is 1.46. The van der Waals surface area contributed by atoms with Crippen molar-refractivity contribution in [2.24, 2.45) is 7.05 Å². The lowest BCUT2D eigenvalue weighted by molar-refractivity contribution is 0.102. The standard InChI is InChI=1S/C17H19N7O3S/c1-23-7-11(18-9-23)15(25)22-17-19-10-4-5-24(8-12(10)28-17)13-6-14(26-2)21-16(20-13)27-3/h6-7,9H,4-5,8H2,1-3H3,(H,19,22,25). The van der Waals surface area contributed by atoms with E-state index in [4.69, 9.17) is 9.47 Å². The quantitative estimate of drug-likeness (QED) is 0.685. The van der Waals surface area contributed by atoms with E-state index in [1.165, 1.54) is 18.4 Å². The largest absolute Gasteiger partial charge is 0.481 e. The fourth-order valence-electron chi connectivity index (χ4n) is 2.89. The Bertz CT molecular complexity index is 994. The lowest BCUT2D eigenvalue weighted by Crippen LogP contribution is -2.30. The minimum absolute atomic E-state index is 0.257.